The molecule has 1 aliphatic heterocycles. The Morgan fingerprint density at radius 3 is 2.50 bits per heavy atom. The van der Waals surface area contributed by atoms with E-state index in [1.54, 1.807) is 0 Å². The Morgan fingerprint density at radius 1 is 1.12 bits per heavy atom. The number of amides is 1. The van der Waals surface area contributed by atoms with E-state index >= 15 is 0 Å². The Morgan fingerprint density at radius 2 is 1.81 bits per heavy atom. The highest BCUT2D eigenvalue weighted by atomic mass is 35.5. The molecule has 2 rings (SSSR count). The molecule has 1 amide bonds. The number of hydrogen-bond acceptors (Lipinski definition) is 2. The van der Waals surface area contributed by atoms with Gasteiger partial charge in [-0.05, 0) is 25.8 Å². The Bertz CT molecular complexity index is 231. The van der Waals surface area contributed by atoms with Gasteiger partial charge in [0.25, 0.3) is 0 Å². The molecule has 0 spiro atoms. The van der Waals surface area contributed by atoms with E-state index in [4.69, 9.17) is 0 Å². The van der Waals surface area contributed by atoms with E-state index < -0.39 is 0 Å². The lowest BCUT2D eigenvalue weighted by Gasteiger charge is -2.30. The molecule has 1 N–H and O–H groups in total. The van der Waals surface area contributed by atoms with Crippen molar-refractivity contribution >= 4 is 18.3 Å². The van der Waals surface area contributed by atoms with Gasteiger partial charge in [0.1, 0.15) is 0 Å². The fourth-order valence-electron chi connectivity index (χ4n) is 2.80. The lowest BCUT2D eigenvalue weighted by molar-refractivity contribution is -0.140. The molecule has 0 aromatic rings. The summed E-state index contributed by atoms with van der Waals surface area (Å²) in [6.07, 6.45) is 5.75. The molecule has 2 fully saturated rings. The first-order valence-corrected chi connectivity index (χ1v) is 6.22. The molecule has 3 nitrogen and oxygen atoms in total. The Balaban J connectivity index is 0.00000128. The number of hydrogen-bond donors (Lipinski definition) is 1. The third-order valence-corrected chi connectivity index (χ3v) is 3.85. The molecule has 94 valence electrons. The van der Waals surface area contributed by atoms with Crippen LogP contribution in [0, 0.1) is 5.41 Å². The number of nitrogens with one attached hydrogen (secondary N) is 1. The van der Waals surface area contributed by atoms with Gasteiger partial charge in [0.15, 0.2) is 0 Å². The maximum absolute atomic E-state index is 12.4. The van der Waals surface area contributed by atoms with Crippen LogP contribution in [0.15, 0.2) is 0 Å². The van der Waals surface area contributed by atoms with Gasteiger partial charge in [0.2, 0.25) is 5.91 Å². The molecule has 1 aliphatic carbocycles. The first kappa shape index (κ1) is 13.8. The fraction of sp³-hybridized carbons (Fsp3) is 0.917. The van der Waals surface area contributed by atoms with Crippen molar-refractivity contribution in [1.29, 1.82) is 0 Å². The predicted octanol–water partition coefficient (Wildman–Crippen LogP) is 1.81. The highest BCUT2D eigenvalue weighted by molar-refractivity contribution is 5.85. The Hall–Kier alpha value is -0.280. The standard InChI is InChI=1S/C12H22N2O.ClH/c1-12(5-2-3-6-12)11(15)14-9-4-7-13-8-10-14;/h13H,2-10H2,1H3;1H. The Labute approximate surface area is 104 Å². The first-order valence-electron chi connectivity index (χ1n) is 6.22. The summed E-state index contributed by atoms with van der Waals surface area (Å²) in [5, 5.41) is 3.34. The quantitative estimate of drug-likeness (QED) is 0.766. The van der Waals surface area contributed by atoms with Crippen LogP contribution in [-0.2, 0) is 4.79 Å². The molecule has 0 aromatic heterocycles. The predicted molar refractivity (Wildman–Crippen MR) is 67.9 cm³/mol. The molecule has 4 heteroatoms. The van der Waals surface area contributed by atoms with Crippen LogP contribution in [0.25, 0.3) is 0 Å². The van der Waals surface area contributed by atoms with Crippen LogP contribution in [0.3, 0.4) is 0 Å². The molecule has 0 bridgehead atoms. The monoisotopic (exact) mass is 246 g/mol. The van der Waals surface area contributed by atoms with Crippen molar-refractivity contribution in [3.8, 4) is 0 Å². The van der Waals surface area contributed by atoms with Crippen LogP contribution in [-0.4, -0.2) is 37.0 Å². The van der Waals surface area contributed by atoms with Gasteiger partial charge < -0.3 is 10.2 Å². The number of nitrogens with zero attached hydrogens (tertiary/aromatic N) is 1. The SMILES string of the molecule is CC1(C(=O)N2CCCNCC2)CCCC1.Cl. The summed E-state index contributed by atoms with van der Waals surface area (Å²) in [7, 11) is 0. The molecule has 0 unspecified atom stereocenters. The summed E-state index contributed by atoms with van der Waals surface area (Å²) in [6, 6.07) is 0. The summed E-state index contributed by atoms with van der Waals surface area (Å²) < 4.78 is 0. The van der Waals surface area contributed by atoms with Crippen LogP contribution in [0.4, 0.5) is 0 Å². The molecular formula is C12H23ClN2O. The average molecular weight is 247 g/mol. The maximum Gasteiger partial charge on any atom is 0.228 e. The Kier molecular flexibility index (Phi) is 5.06. The molecule has 1 saturated heterocycles. The van der Waals surface area contributed by atoms with E-state index in [9.17, 15) is 4.79 Å². The highest BCUT2D eigenvalue weighted by Gasteiger charge is 2.38. The van der Waals surface area contributed by atoms with Crippen molar-refractivity contribution in [1.82, 2.24) is 10.2 Å². The molecular weight excluding hydrogens is 224 g/mol. The van der Waals surface area contributed by atoms with E-state index in [1.165, 1.54) is 12.8 Å². The second kappa shape index (κ2) is 5.87. The van der Waals surface area contributed by atoms with Gasteiger partial charge in [0.05, 0.1) is 0 Å². The summed E-state index contributed by atoms with van der Waals surface area (Å²) >= 11 is 0. The van der Waals surface area contributed by atoms with Crippen LogP contribution in [0.5, 0.6) is 0 Å². The zero-order chi connectivity index (χ0) is 10.7. The fourth-order valence-corrected chi connectivity index (χ4v) is 2.80. The molecule has 1 heterocycles. The van der Waals surface area contributed by atoms with Crippen molar-refractivity contribution in [2.24, 2.45) is 5.41 Å². The largest absolute Gasteiger partial charge is 0.341 e. The number of carbonyl (C=O) groups is 1. The topological polar surface area (TPSA) is 32.3 Å². The minimum absolute atomic E-state index is 0. The minimum Gasteiger partial charge on any atom is -0.341 e. The zero-order valence-electron chi connectivity index (χ0n) is 10.1. The second-order valence-corrected chi connectivity index (χ2v) is 5.16. The number of halogens is 1. The molecule has 0 atom stereocenters. The molecule has 2 aliphatic rings. The third kappa shape index (κ3) is 2.89. The smallest absolute Gasteiger partial charge is 0.228 e. The van der Waals surface area contributed by atoms with Gasteiger partial charge in [-0.15, -0.1) is 12.4 Å². The summed E-state index contributed by atoms with van der Waals surface area (Å²) in [6.45, 7) is 6.01. The lowest BCUT2D eigenvalue weighted by Crippen LogP contribution is -2.42. The first-order chi connectivity index (χ1) is 7.22. The van der Waals surface area contributed by atoms with Crippen molar-refractivity contribution in [3.05, 3.63) is 0 Å². The van der Waals surface area contributed by atoms with Crippen molar-refractivity contribution < 1.29 is 4.79 Å². The van der Waals surface area contributed by atoms with Crippen molar-refractivity contribution in [3.63, 3.8) is 0 Å². The van der Waals surface area contributed by atoms with Gasteiger partial charge in [-0.1, -0.05) is 19.8 Å². The summed E-state index contributed by atoms with van der Waals surface area (Å²) in [5.41, 5.74) is -0.0374. The zero-order valence-corrected chi connectivity index (χ0v) is 10.9. The van der Waals surface area contributed by atoms with Crippen LogP contribution >= 0.6 is 12.4 Å². The average Bonchev–Trinajstić information content (AvgIpc) is 2.54. The van der Waals surface area contributed by atoms with E-state index in [2.05, 4.69) is 17.1 Å². The third-order valence-electron chi connectivity index (χ3n) is 3.85. The summed E-state index contributed by atoms with van der Waals surface area (Å²) in [4.78, 5) is 14.4. The normalized spacial score (nSPS) is 24.7. The molecule has 0 aromatic carbocycles. The van der Waals surface area contributed by atoms with Crippen molar-refractivity contribution in [2.45, 2.75) is 39.0 Å². The van der Waals surface area contributed by atoms with Gasteiger partial charge in [-0.3, -0.25) is 4.79 Å². The minimum atomic E-state index is -0.0374. The van der Waals surface area contributed by atoms with Gasteiger partial charge >= 0.3 is 0 Å². The number of carbonyl (C=O) groups excluding carboxylic acids is 1. The van der Waals surface area contributed by atoms with E-state index in [-0.39, 0.29) is 17.8 Å². The summed E-state index contributed by atoms with van der Waals surface area (Å²) in [5.74, 6) is 0.406. The molecule has 1 saturated carbocycles. The van der Waals surface area contributed by atoms with E-state index in [0.29, 0.717) is 5.91 Å². The van der Waals surface area contributed by atoms with Gasteiger partial charge in [-0.25, -0.2) is 0 Å². The van der Waals surface area contributed by atoms with Crippen LogP contribution in [0.1, 0.15) is 39.0 Å². The lowest BCUT2D eigenvalue weighted by atomic mass is 9.87. The molecule has 16 heavy (non-hydrogen) atoms. The maximum atomic E-state index is 12.4. The van der Waals surface area contributed by atoms with Crippen molar-refractivity contribution in [2.75, 3.05) is 26.2 Å². The van der Waals surface area contributed by atoms with Gasteiger partial charge in [0, 0.05) is 25.0 Å². The van der Waals surface area contributed by atoms with Crippen LogP contribution in [0.2, 0.25) is 0 Å². The molecule has 0 radical (unpaired) electrons. The van der Waals surface area contributed by atoms with E-state index in [0.717, 1.165) is 45.4 Å². The second-order valence-electron chi connectivity index (χ2n) is 5.16. The number of rotatable bonds is 1. The highest BCUT2D eigenvalue weighted by Crippen LogP contribution is 2.39. The van der Waals surface area contributed by atoms with E-state index in [1.807, 2.05) is 0 Å². The van der Waals surface area contributed by atoms with Gasteiger partial charge in [-0.2, -0.15) is 0 Å². The van der Waals surface area contributed by atoms with Crippen LogP contribution < -0.4 is 5.32 Å².